The van der Waals surface area contributed by atoms with Gasteiger partial charge in [-0.25, -0.2) is 14.5 Å². The molecule has 0 fully saturated rings. The van der Waals surface area contributed by atoms with Crippen LogP contribution in [0.4, 0.5) is 5.13 Å². The summed E-state index contributed by atoms with van der Waals surface area (Å²) in [6.07, 6.45) is 2.13. The highest BCUT2D eigenvalue weighted by Gasteiger charge is 2.17. The Morgan fingerprint density at radius 1 is 1.18 bits per heavy atom. The zero-order valence-electron chi connectivity index (χ0n) is 16.3. The maximum Gasteiger partial charge on any atom is 0.253 e. The smallest absolute Gasteiger partial charge is 0.253 e. The van der Waals surface area contributed by atoms with Crippen LogP contribution in [-0.2, 0) is 11.2 Å². The lowest BCUT2D eigenvalue weighted by atomic mass is 10.1. The topological polar surface area (TPSA) is 85.1 Å². The van der Waals surface area contributed by atoms with Crippen molar-refractivity contribution in [2.45, 2.75) is 39.3 Å². The molecule has 4 rings (SSSR count). The number of hydrogen-bond donors (Lipinski definition) is 1. The minimum atomic E-state index is -0.119. The van der Waals surface area contributed by atoms with E-state index in [1.54, 1.807) is 4.52 Å². The van der Waals surface area contributed by atoms with Crippen LogP contribution in [0.25, 0.3) is 16.0 Å². The molecule has 4 aromatic rings. The van der Waals surface area contributed by atoms with Crippen molar-refractivity contribution in [3.63, 3.8) is 0 Å². The number of carbonyl (C=O) groups excluding carboxylic acids is 1. The molecule has 144 valence electrons. The first-order chi connectivity index (χ1) is 13.4. The van der Waals surface area contributed by atoms with Crippen molar-refractivity contribution in [3.05, 3.63) is 40.2 Å². The van der Waals surface area contributed by atoms with Crippen LogP contribution in [0.2, 0.25) is 0 Å². The Balaban J connectivity index is 1.61. The van der Waals surface area contributed by atoms with Gasteiger partial charge in [-0.1, -0.05) is 29.2 Å². The maximum atomic E-state index is 12.7. The molecule has 7 nitrogen and oxygen atoms in total. The number of aryl methyl sites for hydroxylation is 4. The monoisotopic (exact) mass is 412 g/mol. The summed E-state index contributed by atoms with van der Waals surface area (Å²) in [5.41, 5.74) is 5.76. The number of hydrogen-bond acceptors (Lipinski definition) is 7. The van der Waals surface area contributed by atoms with Crippen LogP contribution in [0, 0.1) is 27.7 Å². The molecule has 0 atom stereocenters. The van der Waals surface area contributed by atoms with Gasteiger partial charge < -0.3 is 5.32 Å². The van der Waals surface area contributed by atoms with E-state index < -0.39 is 0 Å². The molecule has 1 N–H and O–H groups in total. The molecule has 28 heavy (non-hydrogen) atoms. The third kappa shape index (κ3) is 3.35. The van der Waals surface area contributed by atoms with Gasteiger partial charge in [0, 0.05) is 17.0 Å². The highest BCUT2D eigenvalue weighted by atomic mass is 32.2. The third-order valence-electron chi connectivity index (χ3n) is 4.63. The highest BCUT2D eigenvalue weighted by molar-refractivity contribution is 7.98. The van der Waals surface area contributed by atoms with Crippen molar-refractivity contribution in [2.24, 2.45) is 0 Å². The summed E-state index contributed by atoms with van der Waals surface area (Å²) in [4.78, 5) is 26.2. The van der Waals surface area contributed by atoms with Crippen LogP contribution >= 0.6 is 23.1 Å². The number of benzene rings is 1. The fraction of sp³-hybridized carbons (Fsp3) is 0.316. The summed E-state index contributed by atoms with van der Waals surface area (Å²) >= 11 is 2.96. The highest BCUT2D eigenvalue weighted by Crippen LogP contribution is 2.29. The summed E-state index contributed by atoms with van der Waals surface area (Å²) in [5, 5.41) is 8.65. The standard InChI is InChI=1S/C19H20N6OS2/c1-9-6-10(2)16-14(7-9)28-18(22-16)21-15(26)8-13-11(3)20-17-23-19(27-5)24-25(17)12(13)4/h6-7H,8H2,1-5H3,(H,21,22,26). The van der Waals surface area contributed by atoms with E-state index in [1.807, 2.05) is 27.0 Å². The van der Waals surface area contributed by atoms with Gasteiger partial charge in [0.25, 0.3) is 5.78 Å². The number of rotatable bonds is 4. The van der Waals surface area contributed by atoms with Crippen LogP contribution in [0.1, 0.15) is 28.1 Å². The molecule has 0 saturated heterocycles. The van der Waals surface area contributed by atoms with Gasteiger partial charge in [-0.2, -0.15) is 4.98 Å². The van der Waals surface area contributed by atoms with Crippen molar-refractivity contribution in [1.29, 1.82) is 0 Å². The van der Waals surface area contributed by atoms with E-state index in [0.29, 0.717) is 16.1 Å². The van der Waals surface area contributed by atoms with E-state index in [-0.39, 0.29) is 12.3 Å². The molecule has 0 saturated carbocycles. The molecule has 0 radical (unpaired) electrons. The Labute approximate surface area is 170 Å². The van der Waals surface area contributed by atoms with Crippen LogP contribution in [-0.4, -0.2) is 36.7 Å². The van der Waals surface area contributed by atoms with E-state index in [1.165, 1.54) is 28.7 Å². The number of aromatic nitrogens is 5. The lowest BCUT2D eigenvalue weighted by Crippen LogP contribution is -2.17. The molecule has 0 spiro atoms. The van der Waals surface area contributed by atoms with Gasteiger partial charge in [0.2, 0.25) is 11.1 Å². The van der Waals surface area contributed by atoms with Gasteiger partial charge in [-0.05, 0) is 51.1 Å². The second kappa shape index (κ2) is 7.14. The average molecular weight is 413 g/mol. The number of fused-ring (bicyclic) bond motifs is 2. The molecular weight excluding hydrogens is 392 g/mol. The molecule has 3 heterocycles. The Hall–Kier alpha value is -2.52. The van der Waals surface area contributed by atoms with Crippen molar-refractivity contribution >= 4 is 50.1 Å². The van der Waals surface area contributed by atoms with Crippen molar-refractivity contribution < 1.29 is 4.79 Å². The first kappa shape index (κ1) is 18.8. The second-order valence-electron chi connectivity index (χ2n) is 6.74. The SMILES string of the molecule is CSc1nc2nc(C)c(CC(=O)Nc3nc4c(C)cc(C)cc4s3)c(C)n2n1. The predicted octanol–water partition coefficient (Wildman–Crippen LogP) is 3.87. The molecule has 0 aliphatic heterocycles. The van der Waals surface area contributed by atoms with Gasteiger partial charge in [-0.15, -0.1) is 5.10 Å². The molecule has 0 bridgehead atoms. The summed E-state index contributed by atoms with van der Waals surface area (Å²) in [5.74, 6) is 0.437. The van der Waals surface area contributed by atoms with E-state index in [4.69, 9.17) is 0 Å². The van der Waals surface area contributed by atoms with Gasteiger partial charge in [-0.3, -0.25) is 4.79 Å². The average Bonchev–Trinajstić information content (AvgIpc) is 3.22. The fourth-order valence-electron chi connectivity index (χ4n) is 3.28. The zero-order valence-corrected chi connectivity index (χ0v) is 18.0. The summed E-state index contributed by atoms with van der Waals surface area (Å²) in [6, 6.07) is 4.19. The summed E-state index contributed by atoms with van der Waals surface area (Å²) in [6.45, 7) is 7.93. The number of nitrogens with one attached hydrogen (secondary N) is 1. The Morgan fingerprint density at radius 2 is 1.96 bits per heavy atom. The van der Waals surface area contributed by atoms with Crippen LogP contribution in [0.15, 0.2) is 17.3 Å². The van der Waals surface area contributed by atoms with Crippen LogP contribution in [0.3, 0.4) is 0 Å². The molecule has 0 unspecified atom stereocenters. The molecular formula is C19H20N6OS2. The first-order valence-electron chi connectivity index (χ1n) is 8.80. The first-order valence-corrected chi connectivity index (χ1v) is 10.8. The molecule has 1 amide bonds. The summed E-state index contributed by atoms with van der Waals surface area (Å²) in [7, 11) is 0. The number of nitrogens with zero attached hydrogens (tertiary/aromatic N) is 5. The van der Waals surface area contributed by atoms with Crippen molar-refractivity contribution in [3.8, 4) is 0 Å². The Kier molecular flexibility index (Phi) is 4.80. The number of carbonyl (C=O) groups is 1. The Bertz CT molecular complexity index is 1230. The molecule has 9 heteroatoms. The van der Waals surface area contributed by atoms with Crippen molar-refractivity contribution in [2.75, 3.05) is 11.6 Å². The molecule has 3 aromatic heterocycles. The predicted molar refractivity (Wildman–Crippen MR) is 113 cm³/mol. The van der Waals surface area contributed by atoms with E-state index in [0.717, 1.165) is 32.7 Å². The zero-order chi connectivity index (χ0) is 20.0. The second-order valence-corrected chi connectivity index (χ2v) is 8.55. The van der Waals surface area contributed by atoms with Gasteiger partial charge in [0.15, 0.2) is 5.13 Å². The van der Waals surface area contributed by atoms with E-state index in [2.05, 4.69) is 44.4 Å². The van der Waals surface area contributed by atoms with Gasteiger partial charge >= 0.3 is 0 Å². The van der Waals surface area contributed by atoms with Gasteiger partial charge in [0.1, 0.15) is 0 Å². The van der Waals surface area contributed by atoms with Crippen LogP contribution < -0.4 is 5.32 Å². The number of amides is 1. The molecule has 0 aliphatic rings. The van der Waals surface area contributed by atoms with Gasteiger partial charge in [0.05, 0.1) is 16.6 Å². The lowest BCUT2D eigenvalue weighted by molar-refractivity contribution is -0.115. The lowest BCUT2D eigenvalue weighted by Gasteiger charge is -2.09. The minimum Gasteiger partial charge on any atom is -0.302 e. The Morgan fingerprint density at radius 3 is 2.71 bits per heavy atom. The van der Waals surface area contributed by atoms with E-state index in [9.17, 15) is 4.79 Å². The van der Waals surface area contributed by atoms with Crippen molar-refractivity contribution in [1.82, 2.24) is 24.6 Å². The normalized spacial score (nSPS) is 11.5. The third-order valence-corrected chi connectivity index (χ3v) is 6.08. The van der Waals surface area contributed by atoms with E-state index >= 15 is 0 Å². The number of thiazole rings is 1. The summed E-state index contributed by atoms with van der Waals surface area (Å²) < 4.78 is 2.78. The number of thioether (sulfide) groups is 1. The maximum absolute atomic E-state index is 12.7. The minimum absolute atomic E-state index is 0.119. The fourth-order valence-corrected chi connectivity index (χ4v) is 4.67. The largest absolute Gasteiger partial charge is 0.302 e. The molecule has 0 aliphatic carbocycles. The quantitative estimate of drug-likeness (QED) is 0.512. The van der Waals surface area contributed by atoms with Crippen LogP contribution in [0.5, 0.6) is 0 Å². The number of anilines is 1. The molecule has 1 aromatic carbocycles.